The molecule has 0 bridgehead atoms. The Morgan fingerprint density at radius 1 is 1.12 bits per heavy atom. The number of ether oxygens (including phenoxy) is 2. The fourth-order valence-electron chi connectivity index (χ4n) is 2.42. The van der Waals surface area contributed by atoms with Crippen LogP contribution >= 0.6 is 0 Å². The number of aryl methyl sites for hydroxylation is 2. The van der Waals surface area contributed by atoms with Gasteiger partial charge >= 0.3 is 5.97 Å². The molecule has 0 spiro atoms. The minimum Gasteiger partial charge on any atom is -0.489 e. The summed E-state index contributed by atoms with van der Waals surface area (Å²) in [5, 5.41) is 9.90. The van der Waals surface area contributed by atoms with Crippen molar-refractivity contribution in [2.24, 2.45) is 0 Å². The van der Waals surface area contributed by atoms with Gasteiger partial charge in [-0.05, 0) is 42.7 Å². The fourth-order valence-corrected chi connectivity index (χ4v) is 2.42. The van der Waals surface area contributed by atoms with Crippen molar-refractivity contribution in [2.45, 2.75) is 20.0 Å². The molecule has 0 saturated carbocycles. The van der Waals surface area contributed by atoms with Crippen LogP contribution in [0.15, 0.2) is 42.5 Å². The minimum absolute atomic E-state index is 0.0248. The Morgan fingerprint density at radius 3 is 2.33 bits per heavy atom. The highest BCUT2D eigenvalue weighted by Gasteiger charge is 2.18. The van der Waals surface area contributed by atoms with E-state index in [9.17, 15) is 14.7 Å². The van der Waals surface area contributed by atoms with Crippen molar-refractivity contribution in [1.82, 2.24) is 0 Å². The van der Waals surface area contributed by atoms with Crippen LogP contribution in [0, 0.1) is 13.8 Å². The average molecular weight is 328 g/mol. The molecular weight excluding hydrogens is 308 g/mol. The third-order valence-corrected chi connectivity index (χ3v) is 3.53. The predicted octanol–water partition coefficient (Wildman–Crippen LogP) is 2.77. The maximum Gasteiger partial charge on any atom is 0.339 e. The largest absolute Gasteiger partial charge is 0.489 e. The zero-order chi connectivity index (χ0) is 17.5. The van der Waals surface area contributed by atoms with Gasteiger partial charge in [-0.1, -0.05) is 30.3 Å². The molecule has 126 valence electrons. The number of esters is 1. The Hall–Kier alpha value is -2.66. The van der Waals surface area contributed by atoms with E-state index in [4.69, 9.17) is 9.47 Å². The molecular formula is C19H20O5. The standard InChI is InChI=1S/C19H20O5/c1-13-10-15(12-20)11-14(2)18(13)23-8-9-24-19(22)17(21)16-6-4-3-5-7-16/h3-7,10-12,17,21H,8-9H2,1-2H3. The SMILES string of the molecule is Cc1cc(C=O)cc(C)c1OCCOC(=O)C(O)c1ccccc1. The Morgan fingerprint density at radius 2 is 1.75 bits per heavy atom. The van der Waals surface area contributed by atoms with E-state index in [2.05, 4.69) is 0 Å². The molecule has 0 heterocycles. The lowest BCUT2D eigenvalue weighted by atomic mass is 10.1. The first kappa shape index (κ1) is 17.7. The van der Waals surface area contributed by atoms with Crippen LogP contribution in [0.5, 0.6) is 5.75 Å². The number of hydrogen-bond donors (Lipinski definition) is 1. The summed E-state index contributed by atoms with van der Waals surface area (Å²) in [4.78, 5) is 22.6. The first-order chi connectivity index (χ1) is 11.5. The van der Waals surface area contributed by atoms with Crippen LogP contribution in [0.25, 0.3) is 0 Å². The quantitative estimate of drug-likeness (QED) is 0.481. The zero-order valence-corrected chi connectivity index (χ0v) is 13.7. The molecule has 0 aliphatic rings. The second-order valence-corrected chi connectivity index (χ2v) is 5.43. The zero-order valence-electron chi connectivity index (χ0n) is 13.7. The molecule has 0 aromatic heterocycles. The van der Waals surface area contributed by atoms with Crippen molar-refractivity contribution in [3.05, 3.63) is 64.7 Å². The van der Waals surface area contributed by atoms with Gasteiger partial charge in [-0.25, -0.2) is 4.79 Å². The smallest absolute Gasteiger partial charge is 0.339 e. The van der Waals surface area contributed by atoms with Crippen molar-refractivity contribution in [1.29, 1.82) is 0 Å². The van der Waals surface area contributed by atoms with Crippen molar-refractivity contribution in [3.63, 3.8) is 0 Å². The number of aliphatic hydroxyl groups is 1. The van der Waals surface area contributed by atoms with Gasteiger partial charge in [0.05, 0.1) is 0 Å². The van der Waals surface area contributed by atoms with E-state index >= 15 is 0 Å². The summed E-state index contributed by atoms with van der Waals surface area (Å²) >= 11 is 0. The second kappa shape index (κ2) is 8.26. The number of carbonyl (C=O) groups is 2. The highest BCUT2D eigenvalue weighted by molar-refractivity contribution is 5.76. The van der Waals surface area contributed by atoms with Gasteiger partial charge < -0.3 is 14.6 Å². The number of aliphatic hydroxyl groups excluding tert-OH is 1. The van der Waals surface area contributed by atoms with Crippen molar-refractivity contribution in [3.8, 4) is 5.75 Å². The van der Waals surface area contributed by atoms with E-state index in [1.54, 1.807) is 42.5 Å². The van der Waals surface area contributed by atoms with E-state index in [1.165, 1.54) is 0 Å². The third-order valence-electron chi connectivity index (χ3n) is 3.53. The Balaban J connectivity index is 1.85. The number of rotatable bonds is 7. The maximum atomic E-state index is 11.8. The molecule has 2 rings (SSSR count). The number of benzene rings is 2. The van der Waals surface area contributed by atoms with Crippen molar-refractivity contribution >= 4 is 12.3 Å². The van der Waals surface area contributed by atoms with Crippen LogP contribution in [0.4, 0.5) is 0 Å². The summed E-state index contributed by atoms with van der Waals surface area (Å²) < 4.78 is 10.7. The third kappa shape index (κ3) is 4.43. The molecule has 0 radical (unpaired) electrons. The molecule has 0 aliphatic heterocycles. The van der Waals surface area contributed by atoms with Gasteiger partial charge in [0, 0.05) is 5.56 Å². The lowest BCUT2D eigenvalue weighted by Crippen LogP contribution is -2.19. The van der Waals surface area contributed by atoms with E-state index in [0.29, 0.717) is 16.9 Å². The van der Waals surface area contributed by atoms with Crippen LogP contribution in [0.1, 0.15) is 33.2 Å². The Kier molecular flexibility index (Phi) is 6.09. The van der Waals surface area contributed by atoms with Crippen LogP contribution in [0.2, 0.25) is 0 Å². The molecule has 0 aliphatic carbocycles. The summed E-state index contributed by atoms with van der Waals surface area (Å²) in [6.07, 6.45) is -0.516. The van der Waals surface area contributed by atoms with Gasteiger partial charge in [0.15, 0.2) is 6.10 Å². The van der Waals surface area contributed by atoms with Crippen molar-refractivity contribution in [2.75, 3.05) is 13.2 Å². The molecule has 0 amide bonds. The number of carbonyl (C=O) groups excluding carboxylic acids is 2. The van der Waals surface area contributed by atoms with E-state index < -0.39 is 12.1 Å². The maximum absolute atomic E-state index is 11.8. The van der Waals surface area contributed by atoms with Crippen LogP contribution in [-0.4, -0.2) is 30.6 Å². The highest BCUT2D eigenvalue weighted by Crippen LogP contribution is 2.24. The van der Waals surface area contributed by atoms with E-state index in [1.807, 2.05) is 13.8 Å². The van der Waals surface area contributed by atoms with Crippen LogP contribution < -0.4 is 4.74 Å². The van der Waals surface area contributed by atoms with E-state index in [-0.39, 0.29) is 13.2 Å². The van der Waals surface area contributed by atoms with Gasteiger partial charge in [0.25, 0.3) is 0 Å². The minimum atomic E-state index is -1.30. The summed E-state index contributed by atoms with van der Waals surface area (Å²) in [5.74, 6) is -0.0465. The molecule has 1 N–H and O–H groups in total. The summed E-state index contributed by atoms with van der Waals surface area (Å²) in [6, 6.07) is 12.1. The van der Waals surface area contributed by atoms with Crippen LogP contribution in [-0.2, 0) is 9.53 Å². The molecule has 2 aromatic carbocycles. The van der Waals surface area contributed by atoms with Gasteiger partial charge in [-0.2, -0.15) is 0 Å². The Bertz CT molecular complexity index is 686. The van der Waals surface area contributed by atoms with Crippen LogP contribution in [0.3, 0.4) is 0 Å². The first-order valence-electron chi connectivity index (χ1n) is 7.62. The molecule has 0 fully saturated rings. The summed E-state index contributed by atoms with van der Waals surface area (Å²) in [5.41, 5.74) is 2.76. The number of hydrogen-bond acceptors (Lipinski definition) is 5. The summed E-state index contributed by atoms with van der Waals surface area (Å²) in [7, 11) is 0. The van der Waals surface area contributed by atoms with Gasteiger partial charge in [0.2, 0.25) is 0 Å². The lowest BCUT2D eigenvalue weighted by Gasteiger charge is -2.14. The second-order valence-electron chi connectivity index (χ2n) is 5.43. The van der Waals surface area contributed by atoms with Gasteiger partial charge in [-0.15, -0.1) is 0 Å². The van der Waals surface area contributed by atoms with Gasteiger partial charge in [0.1, 0.15) is 25.2 Å². The average Bonchev–Trinajstić information content (AvgIpc) is 2.60. The van der Waals surface area contributed by atoms with Gasteiger partial charge in [-0.3, -0.25) is 4.79 Å². The Labute approximate surface area is 140 Å². The van der Waals surface area contributed by atoms with E-state index in [0.717, 1.165) is 17.4 Å². The predicted molar refractivity (Wildman–Crippen MR) is 89.2 cm³/mol. The highest BCUT2D eigenvalue weighted by atomic mass is 16.6. The molecule has 1 unspecified atom stereocenters. The molecule has 5 heteroatoms. The fraction of sp³-hybridized carbons (Fsp3) is 0.263. The molecule has 5 nitrogen and oxygen atoms in total. The molecule has 1 atom stereocenters. The molecule has 2 aromatic rings. The molecule has 24 heavy (non-hydrogen) atoms. The monoisotopic (exact) mass is 328 g/mol. The van der Waals surface area contributed by atoms with Crippen molar-refractivity contribution < 1.29 is 24.2 Å². The topological polar surface area (TPSA) is 72.8 Å². The summed E-state index contributed by atoms with van der Waals surface area (Å²) in [6.45, 7) is 3.88. The lowest BCUT2D eigenvalue weighted by molar-refractivity contribution is -0.154. The molecule has 0 saturated heterocycles. The normalized spacial score (nSPS) is 11.6. The first-order valence-corrected chi connectivity index (χ1v) is 7.62. The number of aldehydes is 1.